The second-order valence-corrected chi connectivity index (χ2v) is 4.57. The van der Waals surface area contributed by atoms with Crippen molar-refractivity contribution in [2.24, 2.45) is 0 Å². The lowest BCUT2D eigenvalue weighted by molar-refractivity contribution is 0.492. The van der Waals surface area contributed by atoms with Gasteiger partial charge in [0.15, 0.2) is 16.8 Å². The molecular weight excluding hydrogens is 260 g/mol. The Bertz CT molecular complexity index is 657. The van der Waals surface area contributed by atoms with Gasteiger partial charge in [-0.1, -0.05) is 0 Å². The minimum atomic E-state index is -1.05. The van der Waals surface area contributed by atoms with Crippen molar-refractivity contribution in [2.45, 2.75) is 17.0 Å². The van der Waals surface area contributed by atoms with Crippen molar-refractivity contribution in [3.05, 3.63) is 45.9 Å². The van der Waals surface area contributed by atoms with Crippen LogP contribution in [-0.2, 0) is 0 Å². The molecule has 0 fully saturated rings. The van der Waals surface area contributed by atoms with E-state index < -0.39 is 11.6 Å². The highest BCUT2D eigenvalue weighted by Crippen LogP contribution is 2.32. The van der Waals surface area contributed by atoms with Gasteiger partial charge in [0.2, 0.25) is 0 Å². The van der Waals surface area contributed by atoms with E-state index in [1.165, 1.54) is 12.1 Å². The molecule has 0 bridgehead atoms. The molecule has 4 nitrogen and oxygen atoms in total. The number of H-pyrrole nitrogens is 1. The normalized spacial score (nSPS) is 10.6. The van der Waals surface area contributed by atoms with Crippen molar-refractivity contribution in [3.63, 3.8) is 0 Å². The number of rotatable bonds is 2. The first-order chi connectivity index (χ1) is 8.47. The Morgan fingerprint density at radius 2 is 2.11 bits per heavy atom. The van der Waals surface area contributed by atoms with Crippen LogP contribution in [0.2, 0.25) is 0 Å². The van der Waals surface area contributed by atoms with E-state index in [9.17, 15) is 13.6 Å². The summed E-state index contributed by atoms with van der Waals surface area (Å²) >= 11 is 0.777. The zero-order chi connectivity index (χ0) is 13.3. The molecule has 2 aromatic rings. The number of nitrogen functional groups attached to an aromatic ring is 1. The van der Waals surface area contributed by atoms with Crippen LogP contribution in [0.3, 0.4) is 0 Å². The molecule has 0 aliphatic rings. The Labute approximate surface area is 105 Å². The van der Waals surface area contributed by atoms with Crippen LogP contribution in [0.5, 0.6) is 0 Å². The fourth-order valence-corrected chi connectivity index (χ4v) is 2.25. The van der Waals surface area contributed by atoms with Crippen LogP contribution >= 0.6 is 11.8 Å². The van der Waals surface area contributed by atoms with E-state index >= 15 is 0 Å². The maximum Gasteiger partial charge on any atom is 0.251 e. The van der Waals surface area contributed by atoms with Gasteiger partial charge in [0.1, 0.15) is 0 Å². The zero-order valence-electron chi connectivity index (χ0n) is 9.33. The lowest BCUT2D eigenvalue weighted by Gasteiger charge is -2.06. The number of halogens is 2. The minimum Gasteiger partial charge on any atom is -0.398 e. The van der Waals surface area contributed by atoms with Gasteiger partial charge in [-0.2, -0.15) is 0 Å². The number of nitrogens with one attached hydrogen (secondary N) is 1. The minimum absolute atomic E-state index is 0.0862. The standard InChI is InChI=1S/C11H9F2N3OS/c1-5-4-8(17)16-11(15-5)18-10-7(14)3-2-6(12)9(10)13/h2-4H,14H2,1H3,(H,15,16,17). The van der Waals surface area contributed by atoms with Gasteiger partial charge in [-0.05, 0) is 30.8 Å². The van der Waals surface area contributed by atoms with Crippen LogP contribution in [0.25, 0.3) is 0 Å². The second-order valence-electron chi connectivity index (χ2n) is 3.57. The van der Waals surface area contributed by atoms with Gasteiger partial charge in [0.25, 0.3) is 5.56 Å². The maximum absolute atomic E-state index is 13.6. The van der Waals surface area contributed by atoms with Gasteiger partial charge in [-0.25, -0.2) is 13.8 Å². The number of benzene rings is 1. The van der Waals surface area contributed by atoms with Gasteiger partial charge >= 0.3 is 0 Å². The summed E-state index contributed by atoms with van der Waals surface area (Å²) in [5.41, 5.74) is 5.78. The second kappa shape index (κ2) is 4.77. The summed E-state index contributed by atoms with van der Waals surface area (Å²) in [5, 5.41) is 0.163. The summed E-state index contributed by atoms with van der Waals surface area (Å²) in [6.45, 7) is 1.63. The van der Waals surface area contributed by atoms with Crippen molar-refractivity contribution < 1.29 is 8.78 Å². The van der Waals surface area contributed by atoms with Crippen LogP contribution in [0.4, 0.5) is 14.5 Å². The Kier molecular flexibility index (Phi) is 3.33. The van der Waals surface area contributed by atoms with E-state index in [-0.39, 0.29) is 21.3 Å². The molecule has 0 saturated carbocycles. The highest BCUT2D eigenvalue weighted by molar-refractivity contribution is 7.99. The number of nitrogens with zero attached hydrogens (tertiary/aromatic N) is 1. The number of hydrogen-bond donors (Lipinski definition) is 2. The predicted octanol–water partition coefficient (Wildman–Crippen LogP) is 2.09. The lowest BCUT2D eigenvalue weighted by atomic mass is 10.3. The lowest BCUT2D eigenvalue weighted by Crippen LogP contribution is -2.08. The first-order valence-electron chi connectivity index (χ1n) is 4.96. The van der Waals surface area contributed by atoms with Crippen molar-refractivity contribution in [1.29, 1.82) is 0 Å². The van der Waals surface area contributed by atoms with Crippen molar-refractivity contribution in [3.8, 4) is 0 Å². The molecule has 3 N–H and O–H groups in total. The summed E-state index contributed by atoms with van der Waals surface area (Å²) in [6.07, 6.45) is 0. The van der Waals surface area contributed by atoms with Crippen molar-refractivity contribution in [2.75, 3.05) is 5.73 Å². The molecule has 1 aromatic heterocycles. The molecule has 0 radical (unpaired) electrons. The highest BCUT2D eigenvalue weighted by Gasteiger charge is 2.14. The monoisotopic (exact) mass is 269 g/mol. The molecule has 0 spiro atoms. The Hall–Kier alpha value is -1.89. The van der Waals surface area contributed by atoms with Crippen molar-refractivity contribution in [1.82, 2.24) is 9.97 Å². The third-order valence-corrected chi connectivity index (χ3v) is 3.13. The molecule has 0 amide bonds. The molecule has 0 aliphatic heterocycles. The van der Waals surface area contributed by atoms with Gasteiger partial charge in [0.05, 0.1) is 4.90 Å². The maximum atomic E-state index is 13.6. The average Bonchev–Trinajstić information content (AvgIpc) is 2.28. The van der Waals surface area contributed by atoms with Crippen LogP contribution in [0.1, 0.15) is 5.69 Å². The van der Waals surface area contributed by atoms with Crippen molar-refractivity contribution >= 4 is 17.4 Å². The molecule has 94 valence electrons. The molecule has 0 saturated heterocycles. The van der Waals surface area contributed by atoms with Gasteiger partial charge in [-0.15, -0.1) is 0 Å². The fraction of sp³-hybridized carbons (Fsp3) is 0.0909. The van der Waals surface area contributed by atoms with Gasteiger partial charge in [-0.3, -0.25) is 4.79 Å². The number of nitrogens with two attached hydrogens (primary N) is 1. The molecule has 7 heteroatoms. The van der Waals surface area contributed by atoms with Gasteiger partial charge < -0.3 is 10.7 Å². The molecule has 1 heterocycles. The molecule has 0 aliphatic carbocycles. The molecule has 0 atom stereocenters. The summed E-state index contributed by atoms with van der Waals surface area (Å²) in [6, 6.07) is 3.51. The summed E-state index contributed by atoms with van der Waals surface area (Å²) in [5.74, 6) is -2.05. The third kappa shape index (κ3) is 2.51. The van der Waals surface area contributed by atoms with Crippen LogP contribution in [0, 0.1) is 18.6 Å². The Morgan fingerprint density at radius 1 is 1.39 bits per heavy atom. The largest absolute Gasteiger partial charge is 0.398 e. The number of aromatic amines is 1. The highest BCUT2D eigenvalue weighted by atomic mass is 32.2. The number of hydrogen-bond acceptors (Lipinski definition) is 4. The zero-order valence-corrected chi connectivity index (χ0v) is 10.1. The quantitative estimate of drug-likeness (QED) is 0.647. The topological polar surface area (TPSA) is 71.8 Å². The van der Waals surface area contributed by atoms with E-state index in [2.05, 4.69) is 9.97 Å². The molecule has 0 unspecified atom stereocenters. The first kappa shape index (κ1) is 12.6. The van der Waals surface area contributed by atoms with Crippen LogP contribution in [0.15, 0.2) is 33.0 Å². The number of aromatic nitrogens is 2. The molecule has 2 rings (SSSR count). The molecule has 1 aromatic carbocycles. The Morgan fingerprint density at radius 3 is 2.78 bits per heavy atom. The Balaban J connectivity index is 2.46. The smallest absolute Gasteiger partial charge is 0.251 e. The van der Waals surface area contributed by atoms with E-state index in [1.807, 2.05) is 0 Å². The number of anilines is 1. The van der Waals surface area contributed by atoms with E-state index in [1.54, 1.807) is 6.92 Å². The van der Waals surface area contributed by atoms with E-state index in [4.69, 9.17) is 5.73 Å². The molecular formula is C11H9F2N3OS. The van der Waals surface area contributed by atoms with Crippen LogP contribution < -0.4 is 11.3 Å². The summed E-state index contributed by atoms with van der Waals surface area (Å²) in [4.78, 5) is 17.6. The predicted molar refractivity (Wildman–Crippen MR) is 64.5 cm³/mol. The SMILES string of the molecule is Cc1cc(=O)[nH]c(Sc2c(N)ccc(F)c2F)n1. The average molecular weight is 269 g/mol. The van der Waals surface area contributed by atoms with Gasteiger partial charge in [0, 0.05) is 17.4 Å². The number of aryl methyl sites for hydroxylation is 1. The summed E-state index contributed by atoms with van der Waals surface area (Å²) in [7, 11) is 0. The van der Waals surface area contributed by atoms with E-state index in [0.717, 1.165) is 17.8 Å². The third-order valence-electron chi connectivity index (χ3n) is 2.13. The van der Waals surface area contributed by atoms with Crippen LogP contribution in [-0.4, -0.2) is 9.97 Å². The summed E-state index contributed by atoms with van der Waals surface area (Å²) < 4.78 is 26.6. The first-order valence-corrected chi connectivity index (χ1v) is 5.78. The fourth-order valence-electron chi connectivity index (χ4n) is 1.35. The molecule has 18 heavy (non-hydrogen) atoms. The van der Waals surface area contributed by atoms with E-state index in [0.29, 0.717) is 5.69 Å².